The number of aromatic nitrogens is 2. The first-order valence-electron chi connectivity index (χ1n) is 4.57. The molecule has 1 saturated heterocycles. The highest BCUT2D eigenvalue weighted by Gasteiger charge is 2.25. The maximum atomic E-state index is 5.53. The van der Waals surface area contributed by atoms with Crippen LogP contribution in [-0.2, 0) is 6.54 Å². The van der Waals surface area contributed by atoms with Crippen LogP contribution in [-0.4, -0.2) is 34.5 Å². The van der Waals surface area contributed by atoms with Crippen molar-refractivity contribution in [2.24, 2.45) is 11.7 Å². The van der Waals surface area contributed by atoms with E-state index < -0.39 is 0 Å². The Balaban J connectivity index is 1.81. The van der Waals surface area contributed by atoms with Crippen molar-refractivity contribution in [3.05, 3.63) is 24.3 Å². The Morgan fingerprint density at radius 2 is 2.08 bits per heavy atom. The van der Waals surface area contributed by atoms with Gasteiger partial charge in [0.1, 0.15) is 5.82 Å². The molecule has 1 aliphatic heterocycles. The third-order valence-electron chi connectivity index (χ3n) is 2.35. The number of rotatable bonds is 3. The molecule has 0 aliphatic carbocycles. The number of nitrogens with zero attached hydrogens (tertiary/aromatic N) is 3. The molecular weight excluding hydrogens is 164 g/mol. The molecule has 0 aromatic carbocycles. The van der Waals surface area contributed by atoms with Gasteiger partial charge in [0.25, 0.3) is 0 Å². The van der Waals surface area contributed by atoms with Gasteiger partial charge in [-0.1, -0.05) is 0 Å². The number of hydrogen-bond acceptors (Lipinski definition) is 4. The Kier molecular flexibility index (Phi) is 2.52. The van der Waals surface area contributed by atoms with E-state index in [1.807, 2.05) is 6.07 Å². The molecule has 13 heavy (non-hydrogen) atoms. The third kappa shape index (κ3) is 2.02. The maximum absolute atomic E-state index is 5.53. The van der Waals surface area contributed by atoms with E-state index >= 15 is 0 Å². The molecule has 0 amide bonds. The van der Waals surface area contributed by atoms with Crippen molar-refractivity contribution in [2.75, 3.05) is 19.6 Å². The molecule has 0 radical (unpaired) electrons. The van der Waals surface area contributed by atoms with Crippen molar-refractivity contribution in [1.82, 2.24) is 14.9 Å². The van der Waals surface area contributed by atoms with Crippen LogP contribution in [0.2, 0.25) is 0 Å². The second-order valence-electron chi connectivity index (χ2n) is 3.46. The van der Waals surface area contributed by atoms with Gasteiger partial charge in [0.2, 0.25) is 0 Å². The van der Waals surface area contributed by atoms with E-state index in [0.717, 1.165) is 32.0 Å². The van der Waals surface area contributed by atoms with Crippen LogP contribution in [0.1, 0.15) is 5.82 Å². The lowest BCUT2D eigenvalue weighted by Crippen LogP contribution is -2.49. The summed E-state index contributed by atoms with van der Waals surface area (Å²) < 4.78 is 0. The summed E-state index contributed by atoms with van der Waals surface area (Å²) in [4.78, 5) is 10.6. The highest BCUT2D eigenvalue weighted by molar-refractivity contribution is 4.91. The predicted octanol–water partition coefficient (Wildman–Crippen LogP) is -0.133. The van der Waals surface area contributed by atoms with Crippen LogP contribution in [0.5, 0.6) is 0 Å². The summed E-state index contributed by atoms with van der Waals surface area (Å²) in [6, 6.07) is 1.84. The first-order valence-corrected chi connectivity index (χ1v) is 4.57. The van der Waals surface area contributed by atoms with E-state index in [1.165, 1.54) is 0 Å². The first-order chi connectivity index (χ1) is 6.38. The van der Waals surface area contributed by atoms with E-state index in [4.69, 9.17) is 5.73 Å². The van der Waals surface area contributed by atoms with E-state index in [9.17, 15) is 0 Å². The van der Waals surface area contributed by atoms with Crippen LogP contribution in [0, 0.1) is 5.92 Å². The molecule has 4 heteroatoms. The fraction of sp³-hybridized carbons (Fsp3) is 0.556. The van der Waals surface area contributed by atoms with Gasteiger partial charge in [-0.25, -0.2) is 9.97 Å². The molecule has 0 unspecified atom stereocenters. The zero-order valence-corrected chi connectivity index (χ0v) is 7.56. The zero-order chi connectivity index (χ0) is 9.10. The molecule has 0 saturated carbocycles. The summed E-state index contributed by atoms with van der Waals surface area (Å²) in [5.74, 6) is 1.58. The van der Waals surface area contributed by atoms with Crippen molar-refractivity contribution >= 4 is 0 Å². The number of nitrogens with two attached hydrogens (primary N) is 1. The fourth-order valence-electron chi connectivity index (χ4n) is 1.57. The predicted molar refractivity (Wildman–Crippen MR) is 49.9 cm³/mol. The van der Waals surface area contributed by atoms with Gasteiger partial charge < -0.3 is 5.73 Å². The van der Waals surface area contributed by atoms with Crippen LogP contribution < -0.4 is 5.73 Å². The molecule has 1 aliphatic rings. The van der Waals surface area contributed by atoms with Crippen LogP contribution in [0.15, 0.2) is 18.5 Å². The van der Waals surface area contributed by atoms with Gasteiger partial charge in [-0.15, -0.1) is 0 Å². The summed E-state index contributed by atoms with van der Waals surface area (Å²) in [5.41, 5.74) is 5.53. The quantitative estimate of drug-likeness (QED) is 0.700. The van der Waals surface area contributed by atoms with Crippen molar-refractivity contribution in [3.63, 3.8) is 0 Å². The molecule has 70 valence electrons. The molecule has 0 spiro atoms. The monoisotopic (exact) mass is 178 g/mol. The largest absolute Gasteiger partial charge is 0.330 e. The topological polar surface area (TPSA) is 55.0 Å². The minimum Gasteiger partial charge on any atom is -0.330 e. The Hall–Kier alpha value is -1.00. The summed E-state index contributed by atoms with van der Waals surface area (Å²) in [5, 5.41) is 0. The Labute approximate surface area is 77.8 Å². The maximum Gasteiger partial charge on any atom is 0.142 e. The van der Waals surface area contributed by atoms with Gasteiger partial charge in [-0.2, -0.15) is 0 Å². The zero-order valence-electron chi connectivity index (χ0n) is 7.56. The Morgan fingerprint density at radius 1 is 1.38 bits per heavy atom. The van der Waals surface area contributed by atoms with Crippen LogP contribution >= 0.6 is 0 Å². The van der Waals surface area contributed by atoms with Gasteiger partial charge in [-0.05, 0) is 18.5 Å². The van der Waals surface area contributed by atoms with Gasteiger partial charge in [0.05, 0.1) is 6.54 Å². The smallest absolute Gasteiger partial charge is 0.142 e. The Bertz CT molecular complexity index is 256. The fourth-order valence-corrected chi connectivity index (χ4v) is 1.57. The van der Waals surface area contributed by atoms with Gasteiger partial charge in [0, 0.05) is 25.5 Å². The average Bonchev–Trinajstić information content (AvgIpc) is 2.12. The van der Waals surface area contributed by atoms with Gasteiger partial charge >= 0.3 is 0 Å². The van der Waals surface area contributed by atoms with Gasteiger partial charge in [0.15, 0.2) is 0 Å². The van der Waals surface area contributed by atoms with Crippen molar-refractivity contribution in [1.29, 1.82) is 0 Å². The van der Waals surface area contributed by atoms with E-state index in [0.29, 0.717) is 5.92 Å². The lowest BCUT2D eigenvalue weighted by Gasteiger charge is -2.37. The molecule has 4 nitrogen and oxygen atoms in total. The van der Waals surface area contributed by atoms with Gasteiger partial charge in [-0.3, -0.25) is 4.90 Å². The molecular formula is C9H14N4. The lowest BCUT2D eigenvalue weighted by atomic mass is 10.0. The van der Waals surface area contributed by atoms with E-state index in [2.05, 4.69) is 14.9 Å². The minimum absolute atomic E-state index is 0.684. The van der Waals surface area contributed by atoms with Crippen molar-refractivity contribution in [3.8, 4) is 0 Å². The third-order valence-corrected chi connectivity index (χ3v) is 2.35. The summed E-state index contributed by atoms with van der Waals surface area (Å²) >= 11 is 0. The first kappa shape index (κ1) is 8.59. The molecule has 0 bridgehead atoms. The van der Waals surface area contributed by atoms with Crippen molar-refractivity contribution < 1.29 is 0 Å². The van der Waals surface area contributed by atoms with Crippen LogP contribution in [0.25, 0.3) is 0 Å². The average molecular weight is 178 g/mol. The van der Waals surface area contributed by atoms with Crippen LogP contribution in [0.3, 0.4) is 0 Å². The van der Waals surface area contributed by atoms with E-state index in [-0.39, 0.29) is 0 Å². The second kappa shape index (κ2) is 3.81. The normalized spacial score (nSPS) is 18.5. The number of likely N-dealkylation sites (tertiary alicyclic amines) is 1. The molecule has 2 N–H and O–H groups in total. The summed E-state index contributed by atoms with van der Waals surface area (Å²) in [6.07, 6.45) is 3.56. The highest BCUT2D eigenvalue weighted by atomic mass is 15.2. The molecule has 2 heterocycles. The molecule has 1 fully saturated rings. The van der Waals surface area contributed by atoms with E-state index in [1.54, 1.807) is 12.4 Å². The molecule has 1 aromatic rings. The SMILES string of the molecule is NCC1CN(Cc2ncccn2)C1. The summed E-state index contributed by atoms with van der Waals surface area (Å²) in [7, 11) is 0. The lowest BCUT2D eigenvalue weighted by molar-refractivity contribution is 0.0948. The molecule has 1 aromatic heterocycles. The minimum atomic E-state index is 0.684. The number of hydrogen-bond donors (Lipinski definition) is 1. The standard InChI is InChI=1S/C9H14N4/c10-4-8-5-13(6-8)7-9-11-2-1-3-12-9/h1-3,8H,4-7,10H2. The molecule has 2 rings (SSSR count). The summed E-state index contributed by atoms with van der Waals surface area (Å²) in [6.45, 7) is 3.84. The Morgan fingerprint density at radius 3 is 2.69 bits per heavy atom. The highest BCUT2D eigenvalue weighted by Crippen LogP contribution is 2.15. The van der Waals surface area contributed by atoms with Crippen LogP contribution in [0.4, 0.5) is 0 Å². The van der Waals surface area contributed by atoms with Crippen molar-refractivity contribution in [2.45, 2.75) is 6.54 Å². The molecule has 0 atom stereocenters. The second-order valence-corrected chi connectivity index (χ2v) is 3.46.